The van der Waals surface area contributed by atoms with Crippen LogP contribution in [0.15, 0.2) is 143 Å². The number of ether oxygens (including phenoxy) is 3. The fourth-order valence-electron chi connectivity index (χ4n) is 6.61. The number of esters is 2. The van der Waals surface area contributed by atoms with E-state index in [1.54, 1.807) is 14.0 Å². The minimum absolute atomic E-state index is 0.298. The summed E-state index contributed by atoms with van der Waals surface area (Å²) in [6, 6.07) is 36.8. The molecule has 0 aliphatic carbocycles. The van der Waals surface area contributed by atoms with Gasteiger partial charge in [0.05, 0.1) is 38.3 Å². The van der Waals surface area contributed by atoms with E-state index in [1.807, 2.05) is 130 Å². The number of para-hydroxylation sites is 2. The molecule has 1 spiro atoms. The first-order chi connectivity index (χ1) is 23.4. The summed E-state index contributed by atoms with van der Waals surface area (Å²) in [6.07, 6.45) is 1.19. The molecule has 9 nitrogen and oxygen atoms in total. The van der Waals surface area contributed by atoms with Gasteiger partial charge in [-0.25, -0.2) is 14.6 Å². The van der Waals surface area contributed by atoms with Crippen molar-refractivity contribution in [2.75, 3.05) is 36.1 Å². The van der Waals surface area contributed by atoms with Crippen LogP contribution in [0.25, 0.3) is 0 Å². The number of carbonyl (C=O) groups is 2. The van der Waals surface area contributed by atoms with E-state index in [4.69, 9.17) is 19.3 Å². The summed E-state index contributed by atoms with van der Waals surface area (Å²) in [6.45, 7) is 3.79. The summed E-state index contributed by atoms with van der Waals surface area (Å²) in [7, 11) is 4.35. The van der Waals surface area contributed by atoms with Gasteiger partial charge in [-0.2, -0.15) is 5.10 Å². The molecular weight excluding hydrogens is 604 g/mol. The van der Waals surface area contributed by atoms with Gasteiger partial charge in [-0.15, -0.1) is 0 Å². The van der Waals surface area contributed by atoms with E-state index in [1.165, 1.54) is 14.2 Å². The summed E-state index contributed by atoms with van der Waals surface area (Å²) in [4.78, 5) is 32.4. The predicted octanol–water partition coefficient (Wildman–Crippen LogP) is 7.27. The van der Waals surface area contributed by atoms with Crippen LogP contribution in [-0.2, 0) is 19.1 Å². The van der Waals surface area contributed by atoms with E-state index in [0.29, 0.717) is 52.7 Å². The van der Waals surface area contributed by atoms with Gasteiger partial charge >= 0.3 is 11.9 Å². The Hall–Kier alpha value is -5.83. The van der Waals surface area contributed by atoms with Crippen molar-refractivity contribution in [3.05, 3.63) is 143 Å². The van der Waals surface area contributed by atoms with E-state index < -0.39 is 17.6 Å². The van der Waals surface area contributed by atoms with Gasteiger partial charge in [0, 0.05) is 22.6 Å². The smallest absolute Gasteiger partial charge is 0.340 e. The molecule has 48 heavy (non-hydrogen) atoms. The molecule has 4 aromatic carbocycles. The lowest BCUT2D eigenvalue weighted by Crippen LogP contribution is -2.61. The Kier molecular flexibility index (Phi) is 9.03. The van der Waals surface area contributed by atoms with Crippen LogP contribution in [0.1, 0.15) is 32.3 Å². The van der Waals surface area contributed by atoms with Crippen LogP contribution in [0.2, 0.25) is 0 Å². The molecule has 0 saturated carbocycles. The van der Waals surface area contributed by atoms with Crippen LogP contribution >= 0.6 is 0 Å². The van der Waals surface area contributed by atoms with Crippen molar-refractivity contribution in [3.63, 3.8) is 0 Å². The Morgan fingerprint density at radius 2 is 1.31 bits per heavy atom. The molecule has 0 aromatic heterocycles. The molecule has 1 atom stereocenters. The minimum Gasteiger partial charge on any atom is -0.497 e. The number of amidine groups is 1. The number of hydrogen-bond acceptors (Lipinski definition) is 9. The number of hydrazone groups is 1. The molecule has 0 fully saturated rings. The second-order valence-electron chi connectivity index (χ2n) is 11.3. The molecule has 0 bridgehead atoms. The van der Waals surface area contributed by atoms with Gasteiger partial charge in [-0.3, -0.25) is 4.90 Å². The van der Waals surface area contributed by atoms with Crippen LogP contribution in [0.5, 0.6) is 5.75 Å². The Morgan fingerprint density at radius 1 is 0.729 bits per heavy atom. The van der Waals surface area contributed by atoms with Crippen LogP contribution in [-0.4, -0.2) is 44.8 Å². The Labute approximate surface area is 280 Å². The predicted molar refractivity (Wildman–Crippen MR) is 188 cm³/mol. The maximum Gasteiger partial charge on any atom is 0.340 e. The number of anilines is 3. The minimum atomic E-state index is -1.55. The van der Waals surface area contributed by atoms with Gasteiger partial charge in [-0.05, 0) is 61.9 Å². The zero-order chi connectivity index (χ0) is 33.8. The monoisotopic (exact) mass is 642 g/mol. The van der Waals surface area contributed by atoms with Crippen LogP contribution < -0.4 is 19.5 Å². The zero-order valence-corrected chi connectivity index (χ0v) is 27.7. The molecular formula is C39H38N4O5. The Balaban J connectivity index is 1.83. The highest BCUT2D eigenvalue weighted by molar-refractivity contribution is 6.18. The van der Waals surface area contributed by atoms with E-state index in [0.717, 1.165) is 16.9 Å². The van der Waals surface area contributed by atoms with Crippen molar-refractivity contribution in [1.29, 1.82) is 0 Å². The summed E-state index contributed by atoms with van der Waals surface area (Å²) < 4.78 is 16.6. The third-order valence-corrected chi connectivity index (χ3v) is 8.60. The normalized spacial score (nSPS) is 18.3. The molecule has 244 valence electrons. The average Bonchev–Trinajstić information content (AvgIpc) is 3.64. The van der Waals surface area contributed by atoms with Crippen molar-refractivity contribution >= 4 is 34.8 Å². The lowest BCUT2D eigenvalue weighted by Gasteiger charge is -2.45. The fraction of sp³-hybridized carbons (Fsp3) is 0.205. The Bertz CT molecular complexity index is 1890. The second kappa shape index (κ2) is 13.5. The summed E-state index contributed by atoms with van der Waals surface area (Å²) >= 11 is 0. The van der Waals surface area contributed by atoms with Gasteiger partial charge < -0.3 is 19.1 Å². The largest absolute Gasteiger partial charge is 0.497 e. The van der Waals surface area contributed by atoms with Crippen molar-refractivity contribution in [1.82, 2.24) is 0 Å². The average molecular weight is 643 g/mol. The standard InChI is InChI=1S/C39H38N4O5/c1-6-16-33-34(38(45)48-5)39(35(27(2)37(44)47-4)41(33)29-23-25-32(46-3)26-24-29)42(30-19-12-8-13-20-30)36(28-17-10-7-11-18-28)40-43(39)31-21-14-9-15-22-31/h7-15,17-26H,6,16H2,1-5H3/b35-27+/t39-/m0/s1. The first kappa shape index (κ1) is 32.1. The highest BCUT2D eigenvalue weighted by Gasteiger charge is 2.65. The number of methoxy groups -OCH3 is 3. The van der Waals surface area contributed by atoms with Crippen LogP contribution in [0.3, 0.4) is 0 Å². The number of nitrogens with zero attached hydrogens (tertiary/aromatic N) is 4. The highest BCUT2D eigenvalue weighted by atomic mass is 16.5. The second-order valence-corrected chi connectivity index (χ2v) is 11.3. The molecule has 2 aliphatic heterocycles. The van der Waals surface area contributed by atoms with E-state index in [-0.39, 0.29) is 0 Å². The van der Waals surface area contributed by atoms with Gasteiger partial charge in [0.1, 0.15) is 11.3 Å². The molecule has 2 aliphatic rings. The Morgan fingerprint density at radius 3 is 1.85 bits per heavy atom. The maximum absolute atomic E-state index is 14.6. The van der Waals surface area contributed by atoms with Crippen molar-refractivity contribution in [2.24, 2.45) is 5.10 Å². The van der Waals surface area contributed by atoms with Gasteiger partial charge in [-0.1, -0.05) is 80.1 Å². The molecule has 0 amide bonds. The molecule has 0 saturated heterocycles. The fourth-order valence-corrected chi connectivity index (χ4v) is 6.61. The van der Waals surface area contributed by atoms with Crippen molar-refractivity contribution in [2.45, 2.75) is 32.4 Å². The maximum atomic E-state index is 14.6. The van der Waals surface area contributed by atoms with Gasteiger partial charge in [0.2, 0.25) is 5.66 Å². The third-order valence-electron chi connectivity index (χ3n) is 8.60. The highest BCUT2D eigenvalue weighted by Crippen LogP contribution is 2.56. The van der Waals surface area contributed by atoms with Gasteiger partial charge in [0.15, 0.2) is 5.84 Å². The molecule has 4 aromatic rings. The first-order valence-electron chi connectivity index (χ1n) is 15.8. The molecule has 0 radical (unpaired) electrons. The number of rotatable bonds is 9. The number of carbonyl (C=O) groups excluding carboxylic acids is 2. The molecule has 9 heteroatoms. The molecule has 2 heterocycles. The molecule has 6 rings (SSSR count). The summed E-state index contributed by atoms with van der Waals surface area (Å²) in [5.41, 5.74) is 3.25. The van der Waals surface area contributed by atoms with Crippen molar-refractivity contribution in [3.8, 4) is 5.75 Å². The van der Waals surface area contributed by atoms with Crippen LogP contribution in [0, 0.1) is 0 Å². The van der Waals surface area contributed by atoms with E-state index in [9.17, 15) is 9.59 Å². The van der Waals surface area contributed by atoms with Crippen LogP contribution in [0.4, 0.5) is 17.1 Å². The van der Waals surface area contributed by atoms with Crippen molar-refractivity contribution < 1.29 is 23.8 Å². The molecule has 0 N–H and O–H groups in total. The topological polar surface area (TPSA) is 83.9 Å². The first-order valence-corrected chi connectivity index (χ1v) is 15.8. The van der Waals surface area contributed by atoms with E-state index in [2.05, 4.69) is 6.92 Å². The third kappa shape index (κ3) is 5.17. The number of benzene rings is 4. The molecule has 0 unspecified atom stereocenters. The van der Waals surface area contributed by atoms with Gasteiger partial charge in [0.25, 0.3) is 0 Å². The SMILES string of the molecule is CCCC1=C(C(=O)OC)[C@@]2(/C(=C(/C)C(=O)OC)N1c1ccc(OC)cc1)N(c1ccccc1)N=C(c1ccccc1)N2c1ccccc1. The lowest BCUT2D eigenvalue weighted by molar-refractivity contribution is -0.137. The number of allylic oxidation sites excluding steroid dienone is 1. The number of hydrogen-bond donors (Lipinski definition) is 0. The zero-order valence-electron chi connectivity index (χ0n) is 27.7. The van der Waals surface area contributed by atoms with E-state index >= 15 is 0 Å². The summed E-state index contributed by atoms with van der Waals surface area (Å²) in [5, 5.41) is 7.20. The summed E-state index contributed by atoms with van der Waals surface area (Å²) in [5.74, 6) is 0.161. The lowest BCUT2D eigenvalue weighted by atomic mass is 9.90. The quantitative estimate of drug-likeness (QED) is 0.139.